The van der Waals surface area contributed by atoms with Crippen LogP contribution in [0.4, 0.5) is 5.69 Å². The number of hydrogen-bond donors (Lipinski definition) is 1. The Morgan fingerprint density at radius 3 is 2.28 bits per heavy atom. The standard InChI is InChI=1S/C25H30ClN3O3/c26-20-10-12-22(13-11-20)32-18-23(30)28-14-16-29(17-15-28)24(19-6-4-5-7-19)25(31)27-21-8-2-1-3-9-21/h1-3,8-13,19,24H,4-7,14-18H2,(H,27,31). The number of rotatable bonds is 7. The van der Waals surface area contributed by atoms with E-state index in [2.05, 4.69) is 10.2 Å². The molecule has 0 bridgehead atoms. The second-order valence-corrected chi connectivity index (χ2v) is 8.94. The molecular weight excluding hydrogens is 426 g/mol. The Balaban J connectivity index is 1.32. The van der Waals surface area contributed by atoms with E-state index in [-0.39, 0.29) is 24.5 Å². The summed E-state index contributed by atoms with van der Waals surface area (Å²) in [6.45, 7) is 2.59. The van der Waals surface area contributed by atoms with Gasteiger partial charge in [-0.15, -0.1) is 0 Å². The first-order valence-corrected chi connectivity index (χ1v) is 11.7. The molecule has 1 heterocycles. The molecule has 2 aromatic rings. The molecule has 1 saturated carbocycles. The Bertz CT molecular complexity index is 892. The smallest absolute Gasteiger partial charge is 0.260 e. The van der Waals surface area contributed by atoms with Crippen LogP contribution in [0.2, 0.25) is 5.02 Å². The third kappa shape index (κ3) is 5.81. The fourth-order valence-corrected chi connectivity index (χ4v) is 4.83. The summed E-state index contributed by atoms with van der Waals surface area (Å²) in [5.41, 5.74) is 0.827. The Morgan fingerprint density at radius 2 is 1.62 bits per heavy atom. The van der Waals surface area contributed by atoms with Gasteiger partial charge in [-0.1, -0.05) is 42.6 Å². The van der Waals surface area contributed by atoms with Crippen LogP contribution in [0.15, 0.2) is 54.6 Å². The van der Waals surface area contributed by atoms with Crippen LogP contribution in [-0.2, 0) is 9.59 Å². The quantitative estimate of drug-likeness (QED) is 0.683. The average molecular weight is 456 g/mol. The number of carbonyl (C=O) groups is 2. The number of amides is 2. The van der Waals surface area contributed by atoms with E-state index < -0.39 is 0 Å². The number of hydrogen-bond acceptors (Lipinski definition) is 4. The summed E-state index contributed by atoms with van der Waals surface area (Å²) in [6, 6.07) is 16.5. The summed E-state index contributed by atoms with van der Waals surface area (Å²) in [7, 11) is 0. The van der Waals surface area contributed by atoms with Crippen molar-refractivity contribution in [3.05, 3.63) is 59.6 Å². The van der Waals surface area contributed by atoms with Gasteiger partial charge in [0.05, 0.1) is 6.04 Å². The van der Waals surface area contributed by atoms with E-state index in [1.165, 1.54) is 12.8 Å². The summed E-state index contributed by atoms with van der Waals surface area (Å²) in [6.07, 6.45) is 4.53. The second kappa shape index (κ2) is 10.8. The highest BCUT2D eigenvalue weighted by Crippen LogP contribution is 2.31. The number of halogens is 1. The maximum absolute atomic E-state index is 13.2. The maximum atomic E-state index is 13.2. The second-order valence-electron chi connectivity index (χ2n) is 8.50. The monoisotopic (exact) mass is 455 g/mol. The first-order chi connectivity index (χ1) is 15.6. The van der Waals surface area contributed by atoms with Crippen molar-refractivity contribution in [3.8, 4) is 5.75 Å². The number of nitrogens with zero attached hydrogens (tertiary/aromatic N) is 2. The molecule has 1 atom stereocenters. The number of nitrogens with one attached hydrogen (secondary N) is 1. The van der Waals surface area contributed by atoms with Crippen LogP contribution in [0.5, 0.6) is 5.75 Å². The third-order valence-electron chi connectivity index (χ3n) is 6.39. The van der Waals surface area contributed by atoms with Crippen molar-refractivity contribution in [2.75, 3.05) is 38.1 Å². The van der Waals surface area contributed by atoms with Gasteiger partial charge in [0.25, 0.3) is 5.91 Å². The van der Waals surface area contributed by atoms with Crippen LogP contribution in [-0.4, -0.2) is 60.4 Å². The summed E-state index contributed by atoms with van der Waals surface area (Å²) in [5.74, 6) is 1.02. The van der Waals surface area contributed by atoms with Gasteiger partial charge in [-0.3, -0.25) is 14.5 Å². The zero-order chi connectivity index (χ0) is 22.3. The van der Waals surface area contributed by atoms with Crippen molar-refractivity contribution in [1.82, 2.24) is 9.80 Å². The summed E-state index contributed by atoms with van der Waals surface area (Å²) in [5, 5.41) is 3.73. The van der Waals surface area contributed by atoms with Crippen LogP contribution < -0.4 is 10.1 Å². The first-order valence-electron chi connectivity index (χ1n) is 11.4. The fourth-order valence-electron chi connectivity index (χ4n) is 4.71. The van der Waals surface area contributed by atoms with Crippen LogP contribution in [0.3, 0.4) is 0 Å². The minimum atomic E-state index is -0.153. The lowest BCUT2D eigenvalue weighted by Crippen LogP contribution is -2.57. The Morgan fingerprint density at radius 1 is 0.969 bits per heavy atom. The van der Waals surface area contributed by atoms with Gasteiger partial charge in [0.2, 0.25) is 5.91 Å². The minimum Gasteiger partial charge on any atom is -0.484 e. The van der Waals surface area contributed by atoms with Crippen molar-refractivity contribution in [3.63, 3.8) is 0 Å². The molecule has 1 unspecified atom stereocenters. The lowest BCUT2D eigenvalue weighted by molar-refractivity contribution is -0.136. The minimum absolute atomic E-state index is 0.00216. The molecule has 4 rings (SSSR count). The third-order valence-corrected chi connectivity index (χ3v) is 6.64. The zero-order valence-corrected chi connectivity index (χ0v) is 19.0. The maximum Gasteiger partial charge on any atom is 0.260 e. The van der Waals surface area contributed by atoms with Gasteiger partial charge in [-0.25, -0.2) is 0 Å². The lowest BCUT2D eigenvalue weighted by Gasteiger charge is -2.40. The van der Waals surface area contributed by atoms with E-state index in [0.29, 0.717) is 42.9 Å². The number of para-hydroxylation sites is 1. The van der Waals surface area contributed by atoms with E-state index in [0.717, 1.165) is 18.5 Å². The normalized spacial score (nSPS) is 18.3. The highest BCUT2D eigenvalue weighted by Gasteiger charge is 2.37. The van der Waals surface area contributed by atoms with E-state index in [1.54, 1.807) is 24.3 Å². The molecule has 2 fully saturated rings. The average Bonchev–Trinajstić information content (AvgIpc) is 3.34. The van der Waals surface area contributed by atoms with Crippen molar-refractivity contribution in [2.45, 2.75) is 31.7 Å². The predicted octanol–water partition coefficient (Wildman–Crippen LogP) is 4.06. The van der Waals surface area contributed by atoms with Crippen LogP contribution >= 0.6 is 11.6 Å². The molecular formula is C25H30ClN3O3. The summed E-state index contributed by atoms with van der Waals surface area (Å²) in [4.78, 5) is 29.9. The Labute approximate surface area is 194 Å². The van der Waals surface area contributed by atoms with Gasteiger partial charge in [0, 0.05) is 36.9 Å². The molecule has 2 amide bonds. The number of carbonyl (C=O) groups excluding carboxylic acids is 2. The topological polar surface area (TPSA) is 61.9 Å². The van der Waals surface area contributed by atoms with E-state index >= 15 is 0 Å². The summed E-state index contributed by atoms with van der Waals surface area (Å²) < 4.78 is 5.61. The van der Waals surface area contributed by atoms with Crippen LogP contribution in [0, 0.1) is 5.92 Å². The fraction of sp³-hybridized carbons (Fsp3) is 0.440. The lowest BCUT2D eigenvalue weighted by atomic mass is 9.95. The Hall–Kier alpha value is -2.57. The van der Waals surface area contributed by atoms with Crippen LogP contribution in [0.1, 0.15) is 25.7 Å². The molecule has 32 heavy (non-hydrogen) atoms. The molecule has 2 aliphatic rings. The molecule has 6 nitrogen and oxygen atoms in total. The predicted molar refractivity (Wildman–Crippen MR) is 126 cm³/mol. The molecule has 1 aliphatic carbocycles. The van der Waals surface area contributed by atoms with Gasteiger partial charge >= 0.3 is 0 Å². The van der Waals surface area contributed by atoms with Crippen molar-refractivity contribution in [2.24, 2.45) is 5.92 Å². The van der Waals surface area contributed by atoms with E-state index in [9.17, 15) is 9.59 Å². The molecule has 0 radical (unpaired) electrons. The number of benzene rings is 2. The van der Waals surface area contributed by atoms with Crippen molar-refractivity contribution < 1.29 is 14.3 Å². The molecule has 1 aliphatic heterocycles. The molecule has 0 spiro atoms. The van der Waals surface area contributed by atoms with E-state index in [1.807, 2.05) is 35.2 Å². The zero-order valence-electron chi connectivity index (χ0n) is 18.2. The molecule has 0 aromatic heterocycles. The van der Waals surface area contributed by atoms with Gasteiger partial charge < -0.3 is 15.0 Å². The molecule has 1 saturated heterocycles. The molecule has 170 valence electrons. The van der Waals surface area contributed by atoms with Gasteiger partial charge in [0.1, 0.15) is 5.75 Å². The van der Waals surface area contributed by atoms with Crippen LogP contribution in [0.25, 0.3) is 0 Å². The SMILES string of the molecule is O=C(Nc1ccccc1)C(C1CCCC1)N1CCN(C(=O)COc2ccc(Cl)cc2)CC1. The van der Waals surface area contributed by atoms with Gasteiger partial charge in [0.15, 0.2) is 6.61 Å². The molecule has 2 aromatic carbocycles. The number of anilines is 1. The largest absolute Gasteiger partial charge is 0.484 e. The Kier molecular flexibility index (Phi) is 7.66. The van der Waals surface area contributed by atoms with Crippen molar-refractivity contribution in [1.29, 1.82) is 0 Å². The van der Waals surface area contributed by atoms with Crippen molar-refractivity contribution >= 4 is 29.1 Å². The van der Waals surface area contributed by atoms with Gasteiger partial charge in [-0.05, 0) is 55.2 Å². The first kappa shape index (κ1) is 22.6. The highest BCUT2D eigenvalue weighted by molar-refractivity contribution is 6.30. The number of ether oxygens (including phenoxy) is 1. The molecule has 1 N–H and O–H groups in total. The van der Waals surface area contributed by atoms with E-state index in [4.69, 9.17) is 16.3 Å². The molecule has 7 heteroatoms. The van der Waals surface area contributed by atoms with Gasteiger partial charge in [-0.2, -0.15) is 0 Å². The number of piperazine rings is 1. The highest BCUT2D eigenvalue weighted by atomic mass is 35.5. The summed E-state index contributed by atoms with van der Waals surface area (Å²) >= 11 is 5.89.